The fourth-order valence-electron chi connectivity index (χ4n) is 2.25. The van der Waals surface area contributed by atoms with Gasteiger partial charge in [-0.25, -0.2) is 14.2 Å². The molecular formula is C20H15BrFN3O4. The van der Waals surface area contributed by atoms with Crippen molar-refractivity contribution in [2.24, 2.45) is 0 Å². The molecule has 1 unspecified atom stereocenters. The Hall–Kier alpha value is -3.33. The summed E-state index contributed by atoms with van der Waals surface area (Å²) in [6.45, 7) is 1.38. The van der Waals surface area contributed by atoms with Crippen molar-refractivity contribution in [1.82, 2.24) is 9.97 Å². The lowest BCUT2D eigenvalue weighted by Crippen LogP contribution is -2.30. The van der Waals surface area contributed by atoms with E-state index >= 15 is 0 Å². The molecule has 0 spiro atoms. The van der Waals surface area contributed by atoms with Crippen LogP contribution in [0.25, 0.3) is 0 Å². The Bertz CT molecular complexity index is 1030. The number of hydrogen-bond acceptors (Lipinski definition) is 6. The first-order valence-electron chi connectivity index (χ1n) is 8.44. The van der Waals surface area contributed by atoms with Crippen LogP contribution in [0.15, 0.2) is 65.5 Å². The largest absolute Gasteiger partial charge is 0.449 e. The van der Waals surface area contributed by atoms with Crippen LogP contribution in [0.3, 0.4) is 0 Å². The van der Waals surface area contributed by atoms with Gasteiger partial charge in [0.1, 0.15) is 17.1 Å². The number of ether oxygens (including phenoxy) is 2. The molecule has 1 amide bonds. The molecule has 1 atom stereocenters. The minimum Gasteiger partial charge on any atom is -0.449 e. The predicted molar refractivity (Wildman–Crippen MR) is 106 cm³/mol. The van der Waals surface area contributed by atoms with Gasteiger partial charge >= 0.3 is 5.97 Å². The zero-order valence-corrected chi connectivity index (χ0v) is 16.7. The van der Waals surface area contributed by atoms with Crippen LogP contribution < -0.4 is 10.1 Å². The van der Waals surface area contributed by atoms with Crippen LogP contribution in [-0.2, 0) is 9.53 Å². The van der Waals surface area contributed by atoms with Gasteiger partial charge in [0.2, 0.25) is 5.88 Å². The van der Waals surface area contributed by atoms with Gasteiger partial charge in [-0.2, -0.15) is 0 Å². The van der Waals surface area contributed by atoms with Crippen LogP contribution in [0.1, 0.15) is 17.3 Å². The smallest absolute Gasteiger partial charge is 0.344 e. The first-order valence-corrected chi connectivity index (χ1v) is 9.23. The number of rotatable bonds is 6. The van der Waals surface area contributed by atoms with Crippen LogP contribution in [-0.4, -0.2) is 27.9 Å². The second-order valence-electron chi connectivity index (χ2n) is 5.81. The number of nitrogens with one attached hydrogen (secondary N) is 1. The molecule has 0 saturated heterocycles. The van der Waals surface area contributed by atoms with Gasteiger partial charge < -0.3 is 14.8 Å². The van der Waals surface area contributed by atoms with Gasteiger partial charge in [-0.15, -0.1) is 0 Å². The fourth-order valence-corrected chi connectivity index (χ4v) is 2.58. The summed E-state index contributed by atoms with van der Waals surface area (Å²) in [5, 5.41) is 2.38. The monoisotopic (exact) mass is 459 g/mol. The Morgan fingerprint density at radius 1 is 1.17 bits per heavy atom. The number of carbonyl (C=O) groups excluding carboxylic acids is 2. The number of hydrogen-bond donors (Lipinski definition) is 1. The van der Waals surface area contributed by atoms with Gasteiger partial charge in [-0.3, -0.25) is 9.78 Å². The third-order valence-corrected chi connectivity index (χ3v) is 4.18. The number of aromatic nitrogens is 2. The van der Waals surface area contributed by atoms with Crippen molar-refractivity contribution < 1.29 is 23.5 Å². The van der Waals surface area contributed by atoms with Crippen LogP contribution in [0.4, 0.5) is 10.1 Å². The number of nitrogens with zero attached hydrogens (tertiary/aromatic N) is 2. The highest BCUT2D eigenvalue weighted by Crippen LogP contribution is 2.23. The molecule has 0 saturated carbocycles. The summed E-state index contributed by atoms with van der Waals surface area (Å²) in [6.07, 6.45) is 3.31. The summed E-state index contributed by atoms with van der Waals surface area (Å²) >= 11 is 3.14. The number of benzene rings is 1. The summed E-state index contributed by atoms with van der Waals surface area (Å²) in [7, 11) is 0. The molecule has 29 heavy (non-hydrogen) atoms. The van der Waals surface area contributed by atoms with Gasteiger partial charge in [0, 0.05) is 16.9 Å². The van der Waals surface area contributed by atoms with Gasteiger partial charge in [0.25, 0.3) is 5.91 Å². The molecule has 1 N–H and O–H groups in total. The highest BCUT2D eigenvalue weighted by atomic mass is 79.9. The third-order valence-electron chi connectivity index (χ3n) is 3.68. The molecule has 9 heteroatoms. The molecule has 0 aliphatic rings. The fraction of sp³-hybridized carbons (Fsp3) is 0.100. The lowest BCUT2D eigenvalue weighted by Gasteiger charge is -2.15. The third kappa shape index (κ3) is 5.35. The molecule has 0 bridgehead atoms. The van der Waals surface area contributed by atoms with Crippen LogP contribution >= 0.6 is 15.9 Å². The summed E-state index contributed by atoms with van der Waals surface area (Å²) in [5.41, 5.74) is 0.00824. The molecule has 0 aliphatic carbocycles. The maximum absolute atomic E-state index is 13.9. The number of amides is 1. The van der Waals surface area contributed by atoms with Gasteiger partial charge in [0.05, 0.1) is 11.9 Å². The summed E-state index contributed by atoms with van der Waals surface area (Å²) in [4.78, 5) is 32.7. The maximum Gasteiger partial charge on any atom is 0.344 e. The highest BCUT2D eigenvalue weighted by Gasteiger charge is 2.23. The van der Waals surface area contributed by atoms with Crippen molar-refractivity contribution in [3.05, 3.63) is 76.9 Å². The second kappa shape index (κ2) is 9.24. The zero-order chi connectivity index (χ0) is 20.8. The average molecular weight is 460 g/mol. The number of halogens is 2. The molecule has 2 heterocycles. The van der Waals surface area contributed by atoms with E-state index in [2.05, 4.69) is 31.2 Å². The lowest BCUT2D eigenvalue weighted by molar-refractivity contribution is -0.123. The number of anilines is 1. The molecule has 3 rings (SSSR count). The second-order valence-corrected chi connectivity index (χ2v) is 6.72. The molecular weight excluding hydrogens is 445 g/mol. The van der Waals surface area contributed by atoms with Crippen LogP contribution in [0, 0.1) is 5.82 Å². The topological polar surface area (TPSA) is 90.4 Å². The summed E-state index contributed by atoms with van der Waals surface area (Å²) in [5.74, 6) is -1.71. The Kier molecular flexibility index (Phi) is 6.50. The van der Waals surface area contributed by atoms with Gasteiger partial charge in [0.15, 0.2) is 6.10 Å². The van der Waals surface area contributed by atoms with E-state index in [1.54, 1.807) is 24.4 Å². The predicted octanol–water partition coefficient (Wildman–Crippen LogP) is 4.35. The first kappa shape index (κ1) is 20.4. The Morgan fingerprint density at radius 3 is 2.69 bits per heavy atom. The number of esters is 1. The van der Waals surface area contributed by atoms with E-state index in [0.717, 1.165) is 0 Å². The molecule has 3 aromatic rings. The Morgan fingerprint density at radius 2 is 1.97 bits per heavy atom. The molecule has 1 aromatic carbocycles. The van der Waals surface area contributed by atoms with Gasteiger partial charge in [-0.1, -0.05) is 15.9 Å². The Balaban J connectivity index is 1.69. The van der Waals surface area contributed by atoms with Crippen molar-refractivity contribution in [3.8, 4) is 11.6 Å². The standard InChI is InChI=1S/C20H15BrFN3O4/c1-12(18(26)25-17-7-6-13(21)10-16(17)22)28-20(27)15-5-3-9-24-19(15)29-14-4-2-8-23-11-14/h2-12H,1H3,(H,25,26). The van der Waals surface area contributed by atoms with Crippen LogP contribution in [0.5, 0.6) is 11.6 Å². The lowest BCUT2D eigenvalue weighted by atomic mass is 10.2. The quantitative estimate of drug-likeness (QED) is 0.550. The molecule has 2 aromatic heterocycles. The normalized spacial score (nSPS) is 11.4. The first-order chi connectivity index (χ1) is 13.9. The van der Waals surface area contributed by atoms with E-state index < -0.39 is 23.8 Å². The zero-order valence-electron chi connectivity index (χ0n) is 15.1. The van der Waals surface area contributed by atoms with E-state index in [9.17, 15) is 14.0 Å². The van der Waals surface area contributed by atoms with E-state index in [0.29, 0.717) is 10.2 Å². The van der Waals surface area contributed by atoms with E-state index in [4.69, 9.17) is 9.47 Å². The van der Waals surface area contributed by atoms with Crippen molar-refractivity contribution in [1.29, 1.82) is 0 Å². The molecule has 148 valence electrons. The van der Waals surface area contributed by atoms with Crippen molar-refractivity contribution in [2.75, 3.05) is 5.32 Å². The van der Waals surface area contributed by atoms with Crippen molar-refractivity contribution in [3.63, 3.8) is 0 Å². The number of carbonyl (C=O) groups is 2. The minimum atomic E-state index is -1.18. The molecule has 0 radical (unpaired) electrons. The molecule has 0 fully saturated rings. The van der Waals surface area contributed by atoms with Gasteiger partial charge in [-0.05, 0) is 49.4 Å². The minimum absolute atomic E-state index is 0.0112. The summed E-state index contributed by atoms with van der Waals surface area (Å²) in [6, 6.07) is 10.5. The summed E-state index contributed by atoms with van der Waals surface area (Å²) < 4.78 is 25.2. The van der Waals surface area contributed by atoms with E-state index in [-0.39, 0.29) is 17.1 Å². The average Bonchev–Trinajstić information content (AvgIpc) is 2.71. The molecule has 7 nitrogen and oxygen atoms in total. The maximum atomic E-state index is 13.9. The highest BCUT2D eigenvalue weighted by molar-refractivity contribution is 9.10. The van der Waals surface area contributed by atoms with E-state index in [1.165, 1.54) is 43.6 Å². The molecule has 0 aliphatic heterocycles. The van der Waals surface area contributed by atoms with Crippen molar-refractivity contribution in [2.45, 2.75) is 13.0 Å². The van der Waals surface area contributed by atoms with E-state index in [1.807, 2.05) is 0 Å². The SMILES string of the molecule is CC(OC(=O)c1cccnc1Oc1cccnc1)C(=O)Nc1ccc(Br)cc1F. The van der Waals surface area contributed by atoms with Crippen molar-refractivity contribution >= 4 is 33.5 Å². The Labute approximate surface area is 174 Å². The number of pyridine rings is 2. The van der Waals surface area contributed by atoms with Crippen LogP contribution in [0.2, 0.25) is 0 Å².